The van der Waals surface area contributed by atoms with Gasteiger partial charge in [-0.2, -0.15) is 0 Å². The molecule has 0 aromatic heterocycles. The molecule has 0 aromatic rings. The molecule has 0 aromatic carbocycles. The van der Waals surface area contributed by atoms with E-state index < -0.39 is 0 Å². The number of carbonyl (C=O) groups is 1. The molecule has 84 valence electrons. The maximum Gasteiger partial charge on any atom is 0.222 e. The molecule has 0 radical (unpaired) electrons. The molecule has 0 aliphatic heterocycles. The number of carbonyl (C=O) groups excluding carboxylic acids is 1. The highest BCUT2D eigenvalue weighted by atomic mass is 16.5. The normalized spacial score (nSPS) is 12.5. The lowest BCUT2D eigenvalue weighted by molar-refractivity contribution is -0.124. The van der Waals surface area contributed by atoms with Crippen LogP contribution < -0.4 is 10.6 Å². The van der Waals surface area contributed by atoms with Gasteiger partial charge in [0, 0.05) is 32.7 Å². The SMILES string of the molecule is CCC(C)C(=O)NCCNCCOC. The third-order valence-electron chi connectivity index (χ3n) is 2.14. The molecule has 0 aliphatic carbocycles. The average Bonchev–Trinajstić information content (AvgIpc) is 2.21. The third kappa shape index (κ3) is 6.86. The third-order valence-corrected chi connectivity index (χ3v) is 2.14. The summed E-state index contributed by atoms with van der Waals surface area (Å²) in [6.45, 7) is 6.97. The van der Waals surface area contributed by atoms with Crippen LogP contribution in [0.1, 0.15) is 20.3 Å². The van der Waals surface area contributed by atoms with E-state index in [0.717, 1.165) is 19.5 Å². The molecule has 1 unspecified atom stereocenters. The maximum absolute atomic E-state index is 11.3. The summed E-state index contributed by atoms with van der Waals surface area (Å²) in [6, 6.07) is 0. The van der Waals surface area contributed by atoms with Gasteiger partial charge >= 0.3 is 0 Å². The van der Waals surface area contributed by atoms with E-state index in [1.807, 2.05) is 13.8 Å². The van der Waals surface area contributed by atoms with Gasteiger partial charge in [0.25, 0.3) is 0 Å². The fourth-order valence-corrected chi connectivity index (χ4v) is 0.933. The summed E-state index contributed by atoms with van der Waals surface area (Å²) >= 11 is 0. The van der Waals surface area contributed by atoms with Crippen LogP contribution in [-0.2, 0) is 9.53 Å². The second kappa shape index (κ2) is 8.97. The zero-order chi connectivity index (χ0) is 10.8. The fraction of sp³-hybridized carbons (Fsp3) is 0.900. The van der Waals surface area contributed by atoms with Gasteiger partial charge in [-0.05, 0) is 6.42 Å². The molecule has 4 nitrogen and oxygen atoms in total. The van der Waals surface area contributed by atoms with E-state index in [2.05, 4.69) is 10.6 Å². The minimum atomic E-state index is 0.119. The van der Waals surface area contributed by atoms with Crippen molar-refractivity contribution in [2.24, 2.45) is 5.92 Å². The lowest BCUT2D eigenvalue weighted by Gasteiger charge is -2.10. The highest BCUT2D eigenvalue weighted by molar-refractivity contribution is 5.78. The van der Waals surface area contributed by atoms with Gasteiger partial charge in [0.2, 0.25) is 5.91 Å². The molecule has 0 fully saturated rings. The van der Waals surface area contributed by atoms with Crippen LogP contribution in [0.2, 0.25) is 0 Å². The Labute approximate surface area is 86.4 Å². The molecule has 0 saturated carbocycles. The van der Waals surface area contributed by atoms with Crippen LogP contribution in [0.15, 0.2) is 0 Å². The first-order chi connectivity index (χ1) is 6.72. The Balaban J connectivity index is 3.23. The summed E-state index contributed by atoms with van der Waals surface area (Å²) in [4.78, 5) is 11.3. The smallest absolute Gasteiger partial charge is 0.222 e. The summed E-state index contributed by atoms with van der Waals surface area (Å²) in [5, 5.41) is 6.03. The van der Waals surface area contributed by atoms with Crippen LogP contribution in [0.4, 0.5) is 0 Å². The number of nitrogens with one attached hydrogen (secondary N) is 2. The molecule has 0 bridgehead atoms. The average molecular weight is 202 g/mol. The van der Waals surface area contributed by atoms with E-state index in [4.69, 9.17) is 4.74 Å². The summed E-state index contributed by atoms with van der Waals surface area (Å²) < 4.78 is 4.88. The van der Waals surface area contributed by atoms with Gasteiger partial charge in [-0.1, -0.05) is 13.8 Å². The van der Waals surface area contributed by atoms with Crippen molar-refractivity contribution >= 4 is 5.91 Å². The highest BCUT2D eigenvalue weighted by Crippen LogP contribution is 1.98. The molecule has 0 heterocycles. The molecule has 0 rings (SSSR count). The first-order valence-electron chi connectivity index (χ1n) is 5.19. The van der Waals surface area contributed by atoms with E-state index >= 15 is 0 Å². The van der Waals surface area contributed by atoms with Gasteiger partial charge in [-0.15, -0.1) is 0 Å². The Morgan fingerprint density at radius 3 is 2.64 bits per heavy atom. The quantitative estimate of drug-likeness (QED) is 0.560. The van der Waals surface area contributed by atoms with Crippen LogP contribution in [0, 0.1) is 5.92 Å². The van der Waals surface area contributed by atoms with E-state index in [0.29, 0.717) is 13.2 Å². The number of ether oxygens (including phenoxy) is 1. The monoisotopic (exact) mass is 202 g/mol. The molecular weight excluding hydrogens is 180 g/mol. The Hall–Kier alpha value is -0.610. The zero-order valence-electron chi connectivity index (χ0n) is 9.43. The Morgan fingerprint density at radius 1 is 1.36 bits per heavy atom. The van der Waals surface area contributed by atoms with Crippen LogP contribution in [0.25, 0.3) is 0 Å². The maximum atomic E-state index is 11.3. The topological polar surface area (TPSA) is 50.4 Å². The van der Waals surface area contributed by atoms with Crippen molar-refractivity contribution < 1.29 is 9.53 Å². The van der Waals surface area contributed by atoms with E-state index in [-0.39, 0.29) is 11.8 Å². The molecule has 0 saturated heterocycles. The predicted octanol–water partition coefficient (Wildman–Crippen LogP) is 0.385. The van der Waals surface area contributed by atoms with Gasteiger partial charge in [0.1, 0.15) is 0 Å². The van der Waals surface area contributed by atoms with Crippen LogP contribution >= 0.6 is 0 Å². The molecule has 2 N–H and O–H groups in total. The summed E-state index contributed by atoms with van der Waals surface area (Å²) in [7, 11) is 1.67. The van der Waals surface area contributed by atoms with Crippen molar-refractivity contribution in [1.29, 1.82) is 0 Å². The van der Waals surface area contributed by atoms with Gasteiger partial charge in [-0.3, -0.25) is 4.79 Å². The number of amides is 1. The van der Waals surface area contributed by atoms with Crippen molar-refractivity contribution in [1.82, 2.24) is 10.6 Å². The van der Waals surface area contributed by atoms with Gasteiger partial charge < -0.3 is 15.4 Å². The standard InChI is InChI=1S/C10H22N2O2/c1-4-9(2)10(13)12-6-5-11-7-8-14-3/h9,11H,4-8H2,1-3H3,(H,12,13). The Morgan fingerprint density at radius 2 is 2.07 bits per heavy atom. The molecule has 14 heavy (non-hydrogen) atoms. The summed E-state index contributed by atoms with van der Waals surface area (Å²) in [5.41, 5.74) is 0. The first-order valence-corrected chi connectivity index (χ1v) is 5.19. The second-order valence-electron chi connectivity index (χ2n) is 3.34. The van der Waals surface area contributed by atoms with Gasteiger partial charge in [0.05, 0.1) is 6.61 Å². The molecular formula is C10H22N2O2. The van der Waals surface area contributed by atoms with Gasteiger partial charge in [0.15, 0.2) is 0 Å². The number of hydrogen-bond donors (Lipinski definition) is 2. The molecule has 0 aliphatic rings. The predicted molar refractivity (Wildman–Crippen MR) is 57.2 cm³/mol. The number of methoxy groups -OCH3 is 1. The summed E-state index contributed by atoms with van der Waals surface area (Å²) in [5.74, 6) is 0.259. The van der Waals surface area contributed by atoms with Crippen LogP contribution in [0.5, 0.6) is 0 Å². The molecule has 0 spiro atoms. The van der Waals surface area contributed by atoms with E-state index in [1.165, 1.54) is 0 Å². The highest BCUT2D eigenvalue weighted by Gasteiger charge is 2.08. The van der Waals surface area contributed by atoms with Crippen molar-refractivity contribution in [2.75, 3.05) is 33.4 Å². The number of hydrogen-bond acceptors (Lipinski definition) is 3. The Kier molecular flexibility index (Phi) is 8.57. The first kappa shape index (κ1) is 13.4. The van der Waals surface area contributed by atoms with Crippen molar-refractivity contribution in [3.05, 3.63) is 0 Å². The molecule has 1 amide bonds. The van der Waals surface area contributed by atoms with Crippen molar-refractivity contribution in [3.63, 3.8) is 0 Å². The fourth-order valence-electron chi connectivity index (χ4n) is 0.933. The summed E-state index contributed by atoms with van der Waals surface area (Å²) in [6.07, 6.45) is 0.892. The minimum absolute atomic E-state index is 0.119. The van der Waals surface area contributed by atoms with Crippen molar-refractivity contribution in [3.8, 4) is 0 Å². The minimum Gasteiger partial charge on any atom is -0.383 e. The van der Waals surface area contributed by atoms with Crippen LogP contribution in [0.3, 0.4) is 0 Å². The lowest BCUT2D eigenvalue weighted by Crippen LogP contribution is -2.35. The van der Waals surface area contributed by atoms with E-state index in [9.17, 15) is 4.79 Å². The Bertz CT molecular complexity index is 151. The molecule has 1 atom stereocenters. The van der Waals surface area contributed by atoms with Gasteiger partial charge in [-0.25, -0.2) is 0 Å². The van der Waals surface area contributed by atoms with Crippen LogP contribution in [-0.4, -0.2) is 39.3 Å². The van der Waals surface area contributed by atoms with Crippen molar-refractivity contribution in [2.45, 2.75) is 20.3 Å². The number of rotatable bonds is 8. The second-order valence-corrected chi connectivity index (χ2v) is 3.34. The largest absolute Gasteiger partial charge is 0.383 e. The van der Waals surface area contributed by atoms with E-state index in [1.54, 1.807) is 7.11 Å². The lowest BCUT2D eigenvalue weighted by atomic mass is 10.1. The molecule has 4 heteroatoms. The zero-order valence-corrected chi connectivity index (χ0v) is 9.43.